The lowest BCUT2D eigenvalue weighted by Crippen LogP contribution is -1.83. The van der Waals surface area contributed by atoms with Gasteiger partial charge in [0.1, 0.15) is 5.75 Å². The van der Waals surface area contributed by atoms with Gasteiger partial charge < -0.3 is 9.72 Å². The van der Waals surface area contributed by atoms with Gasteiger partial charge in [0, 0.05) is 5.56 Å². The Hall–Kier alpha value is -1.48. The molecule has 0 amide bonds. The maximum Gasteiger partial charge on any atom is 0.200 e. The number of hydrogen-bond donors (Lipinski definition) is 1. The number of nitrogens with one attached hydrogen (secondary N) is 1. The summed E-state index contributed by atoms with van der Waals surface area (Å²) < 4.78 is 5.12. The molecule has 0 aliphatic rings. The Kier molecular flexibility index (Phi) is 2.41. The topological polar surface area (TPSA) is 37.9 Å². The molecule has 0 spiro atoms. The first-order chi connectivity index (χ1) is 6.79. The summed E-state index contributed by atoms with van der Waals surface area (Å²) in [7, 11) is 1.64. The lowest BCUT2D eigenvalue weighted by Gasteiger charge is -2.01. The molecule has 1 aromatic heterocycles. The van der Waals surface area contributed by atoms with Crippen molar-refractivity contribution in [1.82, 2.24) is 9.97 Å². The Bertz CT molecular complexity index is 439. The number of aromatic nitrogens is 2. The predicted octanol–water partition coefficient (Wildman–Crippen LogP) is 2.74. The van der Waals surface area contributed by atoms with E-state index in [9.17, 15) is 0 Å². The van der Waals surface area contributed by atoms with E-state index in [1.54, 1.807) is 13.3 Å². The first-order valence-corrected chi connectivity index (χ1v) is 4.52. The van der Waals surface area contributed by atoms with Crippen molar-refractivity contribution in [2.45, 2.75) is 0 Å². The van der Waals surface area contributed by atoms with Crippen LogP contribution in [0.3, 0.4) is 0 Å². The van der Waals surface area contributed by atoms with Gasteiger partial charge in [-0.3, -0.25) is 0 Å². The number of methoxy groups -OCH3 is 1. The molecule has 1 N–H and O–H groups in total. The second-order valence-corrected chi connectivity index (χ2v) is 3.18. The van der Waals surface area contributed by atoms with Gasteiger partial charge in [-0.1, -0.05) is 12.1 Å². The minimum atomic E-state index is 0.391. The van der Waals surface area contributed by atoms with E-state index in [-0.39, 0.29) is 0 Å². The second kappa shape index (κ2) is 3.72. The molecule has 3 nitrogen and oxygen atoms in total. The van der Waals surface area contributed by atoms with Crippen LogP contribution in [0.2, 0.25) is 5.28 Å². The molecule has 2 rings (SSSR count). The molecule has 14 heavy (non-hydrogen) atoms. The zero-order chi connectivity index (χ0) is 9.97. The van der Waals surface area contributed by atoms with Gasteiger partial charge in [0.25, 0.3) is 0 Å². The molecular weight excluding hydrogens is 200 g/mol. The highest BCUT2D eigenvalue weighted by molar-refractivity contribution is 6.28. The van der Waals surface area contributed by atoms with Crippen molar-refractivity contribution in [3.63, 3.8) is 0 Å². The smallest absolute Gasteiger partial charge is 0.200 e. The van der Waals surface area contributed by atoms with Crippen LogP contribution >= 0.6 is 11.6 Å². The fraction of sp³-hybridized carbons (Fsp3) is 0.100. The summed E-state index contributed by atoms with van der Waals surface area (Å²) in [5.74, 6) is 0.813. The van der Waals surface area contributed by atoms with Gasteiger partial charge in [0.15, 0.2) is 5.28 Å². The molecule has 0 atom stereocenters. The molecule has 0 fully saturated rings. The van der Waals surface area contributed by atoms with E-state index in [0.717, 1.165) is 17.0 Å². The van der Waals surface area contributed by atoms with Crippen molar-refractivity contribution in [3.8, 4) is 17.0 Å². The quantitative estimate of drug-likeness (QED) is 0.824. The lowest BCUT2D eigenvalue weighted by molar-refractivity contribution is 0.415. The second-order valence-electron chi connectivity index (χ2n) is 2.82. The Labute approximate surface area is 86.7 Å². The summed E-state index contributed by atoms with van der Waals surface area (Å²) in [6.07, 6.45) is 1.69. The van der Waals surface area contributed by atoms with E-state index < -0.39 is 0 Å². The summed E-state index contributed by atoms with van der Waals surface area (Å²) in [5.41, 5.74) is 1.89. The Morgan fingerprint density at radius 1 is 1.43 bits per heavy atom. The molecule has 72 valence electrons. The van der Waals surface area contributed by atoms with Crippen LogP contribution in [0.1, 0.15) is 0 Å². The fourth-order valence-electron chi connectivity index (χ4n) is 1.23. The van der Waals surface area contributed by atoms with Gasteiger partial charge in [-0.15, -0.1) is 0 Å². The van der Waals surface area contributed by atoms with Gasteiger partial charge >= 0.3 is 0 Å². The van der Waals surface area contributed by atoms with Crippen LogP contribution in [0.4, 0.5) is 0 Å². The van der Waals surface area contributed by atoms with Crippen LogP contribution < -0.4 is 4.74 Å². The van der Waals surface area contributed by atoms with Crippen LogP contribution in [0, 0.1) is 0 Å². The van der Waals surface area contributed by atoms with Crippen molar-refractivity contribution in [2.24, 2.45) is 0 Å². The number of benzene rings is 1. The number of nitrogens with zero attached hydrogens (tertiary/aromatic N) is 1. The van der Waals surface area contributed by atoms with Crippen molar-refractivity contribution in [3.05, 3.63) is 35.7 Å². The van der Waals surface area contributed by atoms with Crippen molar-refractivity contribution < 1.29 is 4.74 Å². The molecule has 1 heterocycles. The summed E-state index contributed by atoms with van der Waals surface area (Å²) in [5, 5.41) is 0.391. The summed E-state index contributed by atoms with van der Waals surface area (Å²) in [6, 6.07) is 7.70. The maximum absolute atomic E-state index is 5.69. The number of ether oxygens (including phenoxy) is 1. The molecule has 0 bridgehead atoms. The minimum absolute atomic E-state index is 0.391. The minimum Gasteiger partial charge on any atom is -0.497 e. The number of imidazole rings is 1. The first-order valence-electron chi connectivity index (χ1n) is 4.14. The number of rotatable bonds is 2. The number of halogens is 1. The zero-order valence-electron chi connectivity index (χ0n) is 7.62. The molecule has 1 aromatic carbocycles. The highest BCUT2D eigenvalue weighted by Crippen LogP contribution is 2.22. The number of H-pyrrole nitrogens is 1. The van der Waals surface area contributed by atoms with Crippen LogP contribution in [0.5, 0.6) is 5.75 Å². The average molecular weight is 209 g/mol. The highest BCUT2D eigenvalue weighted by Gasteiger charge is 2.02. The van der Waals surface area contributed by atoms with Gasteiger partial charge in [-0.25, -0.2) is 4.98 Å². The van der Waals surface area contributed by atoms with E-state index >= 15 is 0 Å². The standard InChI is InChI=1S/C10H9ClN2O/c1-14-8-4-2-3-7(5-8)9-6-12-10(11)13-9/h2-6H,1H3,(H,12,13). The van der Waals surface area contributed by atoms with Gasteiger partial charge in [0.2, 0.25) is 0 Å². The lowest BCUT2D eigenvalue weighted by atomic mass is 10.1. The van der Waals surface area contributed by atoms with E-state index in [4.69, 9.17) is 16.3 Å². The zero-order valence-corrected chi connectivity index (χ0v) is 8.38. The molecule has 0 saturated carbocycles. The number of aromatic amines is 1. The summed E-state index contributed by atoms with van der Waals surface area (Å²) >= 11 is 5.69. The molecule has 0 aliphatic carbocycles. The summed E-state index contributed by atoms with van der Waals surface area (Å²) in [6.45, 7) is 0. The molecule has 0 aliphatic heterocycles. The molecule has 0 radical (unpaired) electrons. The number of hydrogen-bond acceptors (Lipinski definition) is 2. The van der Waals surface area contributed by atoms with Crippen LogP contribution in [-0.2, 0) is 0 Å². The van der Waals surface area contributed by atoms with E-state index in [2.05, 4.69) is 9.97 Å². The van der Waals surface area contributed by atoms with Crippen LogP contribution in [-0.4, -0.2) is 17.1 Å². The van der Waals surface area contributed by atoms with Crippen LogP contribution in [0.15, 0.2) is 30.5 Å². The summed E-state index contributed by atoms with van der Waals surface area (Å²) in [4.78, 5) is 6.86. The van der Waals surface area contributed by atoms with E-state index in [1.165, 1.54) is 0 Å². The first kappa shape index (κ1) is 9.09. The SMILES string of the molecule is COc1cccc(-c2cnc(Cl)[nH]2)c1. The predicted molar refractivity (Wildman–Crippen MR) is 55.6 cm³/mol. The Morgan fingerprint density at radius 3 is 2.93 bits per heavy atom. The third-order valence-electron chi connectivity index (χ3n) is 1.93. The van der Waals surface area contributed by atoms with Gasteiger partial charge in [-0.2, -0.15) is 0 Å². The van der Waals surface area contributed by atoms with Crippen molar-refractivity contribution in [1.29, 1.82) is 0 Å². The third kappa shape index (κ3) is 1.72. The molecular formula is C10H9ClN2O. The van der Waals surface area contributed by atoms with Crippen LogP contribution in [0.25, 0.3) is 11.3 Å². The fourth-order valence-corrected chi connectivity index (χ4v) is 1.38. The molecule has 0 unspecified atom stereocenters. The van der Waals surface area contributed by atoms with Crippen molar-refractivity contribution in [2.75, 3.05) is 7.11 Å². The third-order valence-corrected chi connectivity index (χ3v) is 2.12. The molecule has 0 saturated heterocycles. The molecule has 2 aromatic rings. The monoisotopic (exact) mass is 208 g/mol. The normalized spacial score (nSPS) is 10.1. The Balaban J connectivity index is 2.41. The van der Waals surface area contributed by atoms with E-state index in [0.29, 0.717) is 5.28 Å². The van der Waals surface area contributed by atoms with Gasteiger partial charge in [-0.05, 0) is 23.7 Å². The largest absolute Gasteiger partial charge is 0.497 e. The highest BCUT2D eigenvalue weighted by atomic mass is 35.5. The Morgan fingerprint density at radius 2 is 2.29 bits per heavy atom. The molecule has 4 heteroatoms. The van der Waals surface area contributed by atoms with Crippen molar-refractivity contribution >= 4 is 11.6 Å². The maximum atomic E-state index is 5.69. The average Bonchev–Trinajstić information content (AvgIpc) is 2.65. The van der Waals surface area contributed by atoms with Gasteiger partial charge in [0.05, 0.1) is 19.0 Å². The van der Waals surface area contributed by atoms with E-state index in [1.807, 2.05) is 24.3 Å².